The van der Waals surface area contributed by atoms with Crippen LogP contribution in [-0.4, -0.2) is 10.6 Å². The summed E-state index contributed by atoms with van der Waals surface area (Å²) in [6.45, 7) is 4.25. The highest BCUT2D eigenvalue weighted by molar-refractivity contribution is 5.80. The van der Waals surface area contributed by atoms with Gasteiger partial charge in [0, 0.05) is 23.0 Å². The molecule has 5 heteroatoms. The second kappa shape index (κ2) is 5.95. The normalized spacial score (nSPS) is 20.8. The Balaban J connectivity index is 1.79. The molecule has 0 saturated heterocycles. The van der Waals surface area contributed by atoms with E-state index < -0.39 is 11.1 Å². The summed E-state index contributed by atoms with van der Waals surface area (Å²) in [7, 11) is 0. The summed E-state index contributed by atoms with van der Waals surface area (Å²) < 4.78 is 6.64. The molecule has 1 spiro atoms. The summed E-state index contributed by atoms with van der Waals surface area (Å²) in [6.07, 6.45) is 3.97. The fourth-order valence-electron chi connectivity index (χ4n) is 4.53. The molecule has 0 saturated carbocycles. The van der Waals surface area contributed by atoms with Gasteiger partial charge in [-0.3, -0.25) is 15.0 Å². The van der Waals surface area contributed by atoms with Crippen molar-refractivity contribution in [1.82, 2.24) is 0 Å². The largest absolute Gasteiger partial charge is 0.455 e. The molecule has 1 atom stereocenters. The summed E-state index contributed by atoms with van der Waals surface area (Å²) >= 11 is 0. The first-order valence-corrected chi connectivity index (χ1v) is 9.56. The number of hydrogen-bond donors (Lipinski definition) is 0. The lowest BCUT2D eigenvalue weighted by Crippen LogP contribution is -2.57. The summed E-state index contributed by atoms with van der Waals surface area (Å²) in [5.74, 6) is 0.307. The molecule has 0 radical (unpaired) electrons. The van der Waals surface area contributed by atoms with Gasteiger partial charge < -0.3 is 4.74 Å². The van der Waals surface area contributed by atoms with Crippen LogP contribution in [0.1, 0.15) is 25.0 Å². The molecule has 0 N–H and O–H groups in total. The van der Waals surface area contributed by atoms with E-state index in [0.717, 1.165) is 16.9 Å². The van der Waals surface area contributed by atoms with Crippen LogP contribution in [0.25, 0.3) is 6.08 Å². The SMILES string of the molecule is CC1(C)c2ccccc2N(c2ccccc2)C12C=Cc1cccc([N+](=O)[O-])c1O2. The first-order chi connectivity index (χ1) is 14.0. The molecular weight excluding hydrogens is 364 g/mol. The van der Waals surface area contributed by atoms with E-state index in [4.69, 9.17) is 4.74 Å². The van der Waals surface area contributed by atoms with Crippen LogP contribution in [0.2, 0.25) is 0 Å². The Morgan fingerprint density at radius 2 is 1.66 bits per heavy atom. The van der Waals surface area contributed by atoms with Gasteiger partial charge in [-0.2, -0.15) is 0 Å². The second-order valence-electron chi connectivity index (χ2n) is 7.90. The van der Waals surface area contributed by atoms with Crippen LogP contribution < -0.4 is 9.64 Å². The second-order valence-corrected chi connectivity index (χ2v) is 7.90. The van der Waals surface area contributed by atoms with Gasteiger partial charge in [-0.15, -0.1) is 0 Å². The highest BCUT2D eigenvalue weighted by Gasteiger charge is 2.60. The minimum absolute atomic E-state index is 0.0222. The first kappa shape index (κ1) is 17.5. The van der Waals surface area contributed by atoms with Gasteiger partial charge in [-0.05, 0) is 49.8 Å². The van der Waals surface area contributed by atoms with E-state index in [9.17, 15) is 10.1 Å². The standard InChI is InChI=1S/C24H20N2O3/c1-23(2)19-12-6-7-13-20(19)25(18-10-4-3-5-11-18)24(23)16-15-17-9-8-14-21(26(27)28)22(17)29-24/h3-16H,1-2H3. The van der Waals surface area contributed by atoms with Gasteiger partial charge in [0.05, 0.1) is 10.3 Å². The minimum atomic E-state index is -0.933. The molecule has 5 nitrogen and oxygen atoms in total. The van der Waals surface area contributed by atoms with Crippen molar-refractivity contribution in [3.05, 3.63) is 100 Å². The maximum absolute atomic E-state index is 11.7. The maximum Gasteiger partial charge on any atom is 0.311 e. The topological polar surface area (TPSA) is 55.6 Å². The average Bonchev–Trinajstić information content (AvgIpc) is 2.92. The zero-order chi connectivity index (χ0) is 20.2. The molecule has 5 rings (SSSR count). The van der Waals surface area contributed by atoms with Gasteiger partial charge in [0.1, 0.15) is 0 Å². The van der Waals surface area contributed by atoms with Gasteiger partial charge in [-0.25, -0.2) is 0 Å². The van der Waals surface area contributed by atoms with Crippen LogP contribution in [0, 0.1) is 10.1 Å². The van der Waals surface area contributed by atoms with Crippen LogP contribution in [0.4, 0.5) is 17.1 Å². The summed E-state index contributed by atoms with van der Waals surface area (Å²) in [4.78, 5) is 13.5. The summed E-state index contributed by atoms with van der Waals surface area (Å²) in [5.41, 5.74) is 2.44. The van der Waals surface area contributed by atoms with E-state index in [2.05, 4.69) is 30.9 Å². The highest BCUT2D eigenvalue weighted by Crippen LogP contribution is 2.58. The molecule has 144 valence electrons. The molecule has 0 aliphatic carbocycles. The predicted molar refractivity (Wildman–Crippen MR) is 114 cm³/mol. The van der Waals surface area contributed by atoms with Crippen molar-refractivity contribution in [2.45, 2.75) is 25.0 Å². The minimum Gasteiger partial charge on any atom is -0.455 e. The molecule has 3 aromatic carbocycles. The third kappa shape index (κ3) is 2.27. The van der Waals surface area contributed by atoms with Crippen LogP contribution in [0.15, 0.2) is 78.9 Å². The number of nitrogens with zero attached hydrogens (tertiary/aromatic N) is 2. The molecule has 0 bridgehead atoms. The number of nitro groups is 1. The van der Waals surface area contributed by atoms with Crippen LogP contribution >= 0.6 is 0 Å². The summed E-state index contributed by atoms with van der Waals surface area (Å²) in [5, 5.41) is 11.7. The van der Waals surface area contributed by atoms with Crippen molar-refractivity contribution in [2.75, 3.05) is 4.90 Å². The molecule has 2 aliphatic rings. The maximum atomic E-state index is 11.7. The lowest BCUT2D eigenvalue weighted by molar-refractivity contribution is -0.386. The van der Waals surface area contributed by atoms with Gasteiger partial charge in [0.2, 0.25) is 11.5 Å². The molecule has 1 unspecified atom stereocenters. The average molecular weight is 384 g/mol. The fourth-order valence-corrected chi connectivity index (χ4v) is 4.53. The van der Waals surface area contributed by atoms with Crippen molar-refractivity contribution in [3.63, 3.8) is 0 Å². The van der Waals surface area contributed by atoms with E-state index >= 15 is 0 Å². The number of rotatable bonds is 2. The van der Waals surface area contributed by atoms with Crippen molar-refractivity contribution in [1.29, 1.82) is 0 Å². The molecule has 0 fully saturated rings. The van der Waals surface area contributed by atoms with E-state index in [1.165, 1.54) is 6.07 Å². The highest BCUT2D eigenvalue weighted by atomic mass is 16.6. The van der Waals surface area contributed by atoms with Crippen LogP contribution in [0.3, 0.4) is 0 Å². The van der Waals surface area contributed by atoms with Crippen molar-refractivity contribution in [3.8, 4) is 5.75 Å². The monoisotopic (exact) mass is 384 g/mol. The molecule has 3 aromatic rings. The van der Waals surface area contributed by atoms with E-state index in [-0.39, 0.29) is 10.6 Å². The number of para-hydroxylation sites is 3. The zero-order valence-corrected chi connectivity index (χ0v) is 16.2. The van der Waals surface area contributed by atoms with E-state index in [1.54, 1.807) is 6.07 Å². The molecule has 0 aromatic heterocycles. The van der Waals surface area contributed by atoms with E-state index in [0.29, 0.717) is 11.3 Å². The Morgan fingerprint density at radius 3 is 2.41 bits per heavy atom. The lowest BCUT2D eigenvalue weighted by atomic mass is 9.76. The van der Waals surface area contributed by atoms with Gasteiger partial charge >= 0.3 is 5.69 Å². The van der Waals surface area contributed by atoms with Crippen molar-refractivity contribution >= 4 is 23.1 Å². The van der Waals surface area contributed by atoms with Crippen molar-refractivity contribution in [2.24, 2.45) is 0 Å². The first-order valence-electron chi connectivity index (χ1n) is 9.56. The van der Waals surface area contributed by atoms with Gasteiger partial charge in [-0.1, -0.05) is 48.5 Å². The Hall–Kier alpha value is -3.60. The third-order valence-corrected chi connectivity index (χ3v) is 6.03. The molecular formula is C24H20N2O3. The molecule has 2 aliphatic heterocycles. The fraction of sp³-hybridized carbons (Fsp3) is 0.167. The number of nitro benzene ring substituents is 1. The van der Waals surface area contributed by atoms with Crippen LogP contribution in [-0.2, 0) is 5.41 Å². The Kier molecular flexibility index (Phi) is 3.59. The Morgan fingerprint density at radius 1 is 0.931 bits per heavy atom. The molecule has 29 heavy (non-hydrogen) atoms. The summed E-state index contributed by atoms with van der Waals surface area (Å²) in [6, 6.07) is 23.2. The van der Waals surface area contributed by atoms with Gasteiger partial charge in [0.15, 0.2) is 0 Å². The van der Waals surface area contributed by atoms with Crippen LogP contribution in [0.5, 0.6) is 5.75 Å². The number of anilines is 2. The quantitative estimate of drug-likeness (QED) is 0.412. The lowest BCUT2D eigenvalue weighted by Gasteiger charge is -2.46. The predicted octanol–water partition coefficient (Wildman–Crippen LogP) is 5.83. The Labute approximate surface area is 169 Å². The zero-order valence-electron chi connectivity index (χ0n) is 16.2. The Bertz CT molecular complexity index is 1150. The van der Waals surface area contributed by atoms with Crippen molar-refractivity contribution < 1.29 is 9.66 Å². The smallest absolute Gasteiger partial charge is 0.311 e. The number of hydrogen-bond acceptors (Lipinski definition) is 4. The number of benzene rings is 3. The molecule has 2 heterocycles. The number of fused-ring (bicyclic) bond motifs is 2. The number of ether oxygens (including phenoxy) is 1. The molecule has 0 amide bonds. The van der Waals surface area contributed by atoms with E-state index in [1.807, 2.05) is 60.7 Å². The van der Waals surface area contributed by atoms with Gasteiger partial charge in [0.25, 0.3) is 0 Å². The third-order valence-electron chi connectivity index (χ3n) is 6.03.